The number of carbonyl (C=O) groups excluding carboxylic acids is 2. The first-order valence-corrected chi connectivity index (χ1v) is 11.8. The average Bonchev–Trinajstić information content (AvgIpc) is 2.58. The normalized spacial score (nSPS) is 16.4. The van der Waals surface area contributed by atoms with Crippen LogP contribution in [0.25, 0.3) is 0 Å². The SMILES string of the molecule is Cc1cc(C)c(S(=O)(=O)N2CCC(C(=O)N(C)CC(=O)NC(C)(C)C)CC2)c(C)c1. The van der Waals surface area contributed by atoms with Crippen molar-refractivity contribution in [3.8, 4) is 0 Å². The Bertz CT molecular complexity index is 888. The molecule has 7 nitrogen and oxygen atoms in total. The van der Waals surface area contributed by atoms with Gasteiger partial charge in [0, 0.05) is 31.6 Å². The van der Waals surface area contributed by atoms with Crippen molar-refractivity contribution in [1.29, 1.82) is 0 Å². The number of hydrogen-bond acceptors (Lipinski definition) is 4. The van der Waals surface area contributed by atoms with Crippen LogP contribution in [0.1, 0.15) is 50.3 Å². The largest absolute Gasteiger partial charge is 0.350 e. The minimum absolute atomic E-state index is 0.00360. The van der Waals surface area contributed by atoms with E-state index >= 15 is 0 Å². The van der Waals surface area contributed by atoms with Crippen LogP contribution < -0.4 is 5.32 Å². The zero-order chi connectivity index (χ0) is 22.9. The number of amides is 2. The van der Waals surface area contributed by atoms with Gasteiger partial charge in [0.25, 0.3) is 0 Å². The van der Waals surface area contributed by atoms with E-state index in [4.69, 9.17) is 0 Å². The van der Waals surface area contributed by atoms with Crippen LogP contribution in [0, 0.1) is 26.7 Å². The van der Waals surface area contributed by atoms with Crippen LogP contribution in [0.4, 0.5) is 0 Å². The second kappa shape index (κ2) is 9.06. The van der Waals surface area contributed by atoms with Crippen molar-refractivity contribution in [2.75, 3.05) is 26.7 Å². The number of carbonyl (C=O) groups is 2. The summed E-state index contributed by atoms with van der Waals surface area (Å²) in [6, 6.07) is 3.77. The van der Waals surface area contributed by atoms with E-state index < -0.39 is 10.0 Å². The Kier molecular flexibility index (Phi) is 7.35. The maximum atomic E-state index is 13.2. The molecule has 1 heterocycles. The highest BCUT2D eigenvalue weighted by atomic mass is 32.2. The molecule has 2 amide bonds. The van der Waals surface area contributed by atoms with Crippen LogP contribution >= 0.6 is 0 Å². The Balaban J connectivity index is 2.02. The lowest BCUT2D eigenvalue weighted by Gasteiger charge is -2.33. The smallest absolute Gasteiger partial charge is 0.243 e. The van der Waals surface area contributed by atoms with Gasteiger partial charge >= 0.3 is 0 Å². The Morgan fingerprint density at radius 2 is 1.60 bits per heavy atom. The zero-order valence-electron chi connectivity index (χ0n) is 19.2. The molecule has 0 unspecified atom stereocenters. The van der Waals surface area contributed by atoms with E-state index in [0.717, 1.165) is 16.7 Å². The minimum atomic E-state index is -3.60. The second-order valence-corrected chi connectivity index (χ2v) is 11.3. The van der Waals surface area contributed by atoms with Crippen LogP contribution in [0.15, 0.2) is 17.0 Å². The average molecular weight is 438 g/mol. The van der Waals surface area contributed by atoms with Gasteiger partial charge in [-0.15, -0.1) is 0 Å². The molecule has 0 atom stereocenters. The van der Waals surface area contributed by atoms with Gasteiger partial charge in [-0.1, -0.05) is 17.7 Å². The van der Waals surface area contributed by atoms with Crippen molar-refractivity contribution in [3.05, 3.63) is 28.8 Å². The number of hydrogen-bond donors (Lipinski definition) is 1. The minimum Gasteiger partial charge on any atom is -0.350 e. The van der Waals surface area contributed by atoms with Crippen molar-refractivity contribution < 1.29 is 18.0 Å². The number of piperidine rings is 1. The number of aryl methyl sites for hydroxylation is 3. The van der Waals surface area contributed by atoms with Crippen molar-refractivity contribution >= 4 is 21.8 Å². The van der Waals surface area contributed by atoms with Crippen LogP contribution in [-0.4, -0.2) is 61.7 Å². The maximum Gasteiger partial charge on any atom is 0.243 e. The summed E-state index contributed by atoms with van der Waals surface area (Å²) in [6.45, 7) is 11.9. The first-order valence-electron chi connectivity index (χ1n) is 10.4. The van der Waals surface area contributed by atoms with Gasteiger partial charge in [-0.3, -0.25) is 9.59 Å². The van der Waals surface area contributed by atoms with E-state index in [1.807, 2.05) is 53.7 Å². The Morgan fingerprint density at radius 1 is 1.10 bits per heavy atom. The van der Waals surface area contributed by atoms with Gasteiger partial charge in [-0.25, -0.2) is 8.42 Å². The molecule has 0 radical (unpaired) electrons. The van der Waals surface area contributed by atoms with E-state index in [1.165, 1.54) is 9.21 Å². The molecule has 8 heteroatoms. The summed E-state index contributed by atoms with van der Waals surface area (Å²) >= 11 is 0. The van der Waals surface area contributed by atoms with Gasteiger partial charge in [0.15, 0.2) is 0 Å². The van der Waals surface area contributed by atoms with E-state index in [2.05, 4.69) is 5.32 Å². The van der Waals surface area contributed by atoms with Crippen LogP contribution in [0.3, 0.4) is 0 Å². The summed E-state index contributed by atoms with van der Waals surface area (Å²) in [6.07, 6.45) is 0.903. The van der Waals surface area contributed by atoms with Crippen LogP contribution in [-0.2, 0) is 19.6 Å². The molecule has 1 N–H and O–H groups in total. The number of rotatable bonds is 5. The molecule has 1 aromatic rings. The van der Waals surface area contributed by atoms with Crippen LogP contribution in [0.5, 0.6) is 0 Å². The molecule has 168 valence electrons. The quantitative estimate of drug-likeness (QED) is 0.766. The molecule has 1 saturated heterocycles. The van der Waals surface area contributed by atoms with Crippen molar-refractivity contribution in [2.24, 2.45) is 5.92 Å². The first kappa shape index (κ1) is 24.3. The predicted molar refractivity (Wildman–Crippen MR) is 118 cm³/mol. The molecule has 0 saturated carbocycles. The second-order valence-electron chi connectivity index (χ2n) is 9.40. The third-order valence-corrected chi connectivity index (χ3v) is 7.48. The highest BCUT2D eigenvalue weighted by molar-refractivity contribution is 7.89. The molecule has 1 fully saturated rings. The number of nitrogens with zero attached hydrogens (tertiary/aromatic N) is 2. The summed E-state index contributed by atoms with van der Waals surface area (Å²) in [5, 5.41) is 2.85. The monoisotopic (exact) mass is 437 g/mol. The number of likely N-dealkylation sites (N-methyl/N-ethyl adjacent to an activating group) is 1. The molecule has 1 aromatic carbocycles. The fourth-order valence-electron chi connectivity index (χ4n) is 4.11. The molecular weight excluding hydrogens is 402 g/mol. The molecule has 0 aliphatic carbocycles. The predicted octanol–water partition coefficient (Wildman–Crippen LogP) is 2.39. The van der Waals surface area contributed by atoms with Crippen molar-refractivity contribution in [1.82, 2.24) is 14.5 Å². The lowest BCUT2D eigenvalue weighted by atomic mass is 9.96. The highest BCUT2D eigenvalue weighted by Gasteiger charge is 2.35. The number of benzene rings is 1. The fraction of sp³-hybridized carbons (Fsp3) is 0.636. The lowest BCUT2D eigenvalue weighted by molar-refractivity contribution is -0.139. The summed E-state index contributed by atoms with van der Waals surface area (Å²) in [5.41, 5.74) is 2.17. The lowest BCUT2D eigenvalue weighted by Crippen LogP contribution is -2.48. The van der Waals surface area contributed by atoms with Gasteiger partial charge in [-0.2, -0.15) is 4.31 Å². The molecule has 0 aromatic heterocycles. The molecule has 2 rings (SSSR count). The van der Waals surface area contributed by atoms with E-state index in [-0.39, 0.29) is 29.8 Å². The first-order chi connectivity index (χ1) is 13.7. The molecular formula is C22H35N3O4S. The van der Waals surface area contributed by atoms with Crippen molar-refractivity contribution in [3.63, 3.8) is 0 Å². The Labute approximate surface area is 180 Å². The summed E-state index contributed by atoms with van der Waals surface area (Å²) < 4.78 is 27.9. The Morgan fingerprint density at radius 3 is 2.07 bits per heavy atom. The van der Waals surface area contributed by atoms with Gasteiger partial charge in [0.2, 0.25) is 21.8 Å². The maximum absolute atomic E-state index is 13.2. The van der Waals surface area contributed by atoms with Gasteiger partial charge in [0.1, 0.15) is 0 Å². The Hall–Kier alpha value is -1.93. The van der Waals surface area contributed by atoms with Crippen molar-refractivity contribution in [2.45, 2.75) is 64.8 Å². The summed E-state index contributed by atoms with van der Waals surface area (Å²) in [4.78, 5) is 26.6. The molecule has 0 bridgehead atoms. The topological polar surface area (TPSA) is 86.8 Å². The third kappa shape index (κ3) is 5.82. The van der Waals surface area contributed by atoms with Gasteiger partial charge in [-0.05, 0) is 65.5 Å². The number of nitrogens with one attached hydrogen (secondary N) is 1. The fourth-order valence-corrected chi connectivity index (χ4v) is 5.99. The van der Waals surface area contributed by atoms with Gasteiger partial charge in [0.05, 0.1) is 11.4 Å². The van der Waals surface area contributed by atoms with E-state index in [1.54, 1.807) is 7.05 Å². The highest BCUT2D eigenvalue weighted by Crippen LogP contribution is 2.29. The summed E-state index contributed by atoms with van der Waals surface area (Å²) in [7, 11) is -1.99. The molecule has 1 aliphatic heterocycles. The summed E-state index contributed by atoms with van der Waals surface area (Å²) in [5.74, 6) is -0.591. The molecule has 1 aliphatic rings. The van der Waals surface area contributed by atoms with Gasteiger partial charge < -0.3 is 10.2 Å². The van der Waals surface area contributed by atoms with Crippen LogP contribution in [0.2, 0.25) is 0 Å². The zero-order valence-corrected chi connectivity index (χ0v) is 20.0. The molecule has 0 spiro atoms. The standard InChI is InChI=1S/C22H35N3O4S/c1-15-12-16(2)20(17(3)13-15)30(28,29)25-10-8-18(9-11-25)21(27)24(7)14-19(26)23-22(4,5)6/h12-13,18H,8-11,14H2,1-7H3,(H,23,26). The molecule has 30 heavy (non-hydrogen) atoms. The van der Waals surface area contributed by atoms with E-state index in [9.17, 15) is 18.0 Å². The number of sulfonamides is 1. The van der Waals surface area contributed by atoms with E-state index in [0.29, 0.717) is 30.8 Å². The third-order valence-electron chi connectivity index (χ3n) is 5.28.